The first-order chi connectivity index (χ1) is 7.99. The van der Waals surface area contributed by atoms with Crippen molar-refractivity contribution in [2.45, 2.75) is 17.2 Å². The molecular formula is C10H10BrNO3S2. The molecule has 0 aromatic carbocycles. The lowest BCUT2D eigenvalue weighted by Gasteiger charge is -2.10. The van der Waals surface area contributed by atoms with Crippen LogP contribution in [0.2, 0.25) is 0 Å². The van der Waals surface area contributed by atoms with Gasteiger partial charge >= 0.3 is 0 Å². The van der Waals surface area contributed by atoms with Crippen LogP contribution >= 0.6 is 27.3 Å². The second-order valence-electron chi connectivity index (χ2n) is 3.42. The summed E-state index contributed by atoms with van der Waals surface area (Å²) in [4.78, 5) is 0. The molecule has 0 aliphatic carbocycles. The Hall–Kier alpha value is -0.630. The summed E-state index contributed by atoms with van der Waals surface area (Å²) in [5.74, 6) is 0.587. The molecule has 0 aliphatic rings. The minimum Gasteiger partial charge on any atom is -0.468 e. The highest BCUT2D eigenvalue weighted by atomic mass is 79.9. The Bertz CT molecular complexity index is 589. The smallest absolute Gasteiger partial charge is 0.250 e. The Balaban J connectivity index is 2.18. The maximum absolute atomic E-state index is 12.0. The number of sulfonamides is 1. The van der Waals surface area contributed by atoms with Crippen LogP contribution in [0.1, 0.15) is 18.7 Å². The van der Waals surface area contributed by atoms with Crippen LogP contribution in [0.4, 0.5) is 0 Å². The van der Waals surface area contributed by atoms with Crippen molar-refractivity contribution < 1.29 is 12.8 Å². The van der Waals surface area contributed by atoms with Gasteiger partial charge in [0.1, 0.15) is 9.97 Å². The van der Waals surface area contributed by atoms with E-state index in [1.54, 1.807) is 31.2 Å². The van der Waals surface area contributed by atoms with E-state index in [4.69, 9.17) is 4.42 Å². The van der Waals surface area contributed by atoms with Crippen molar-refractivity contribution >= 4 is 37.3 Å². The molecule has 2 heterocycles. The number of rotatable bonds is 4. The van der Waals surface area contributed by atoms with E-state index in [2.05, 4.69) is 20.7 Å². The summed E-state index contributed by atoms with van der Waals surface area (Å²) in [6, 6.07) is 6.33. The van der Waals surface area contributed by atoms with Crippen molar-refractivity contribution in [2.75, 3.05) is 0 Å². The molecule has 0 radical (unpaired) electrons. The SMILES string of the molecule is CC(NS(=O)(=O)c1ccc(Br)s1)c1ccco1. The molecule has 7 heteroatoms. The van der Waals surface area contributed by atoms with E-state index in [-0.39, 0.29) is 4.21 Å². The third-order valence-electron chi connectivity index (χ3n) is 2.12. The second-order valence-corrected chi connectivity index (χ2v) is 7.82. The van der Waals surface area contributed by atoms with Crippen LogP contribution in [-0.4, -0.2) is 8.42 Å². The molecular weight excluding hydrogens is 326 g/mol. The Labute approximate surface area is 112 Å². The number of nitrogens with one attached hydrogen (secondary N) is 1. The van der Waals surface area contributed by atoms with Crippen molar-refractivity contribution in [3.05, 3.63) is 40.1 Å². The van der Waals surface area contributed by atoms with Gasteiger partial charge in [-0.05, 0) is 47.1 Å². The molecule has 1 atom stereocenters. The molecule has 0 bridgehead atoms. The normalized spacial score (nSPS) is 13.8. The standard InChI is InChI=1S/C10H10BrNO3S2/c1-7(8-3-2-6-15-8)12-17(13,14)10-5-4-9(11)16-10/h2-7,12H,1H3. The van der Waals surface area contributed by atoms with Gasteiger partial charge in [0.25, 0.3) is 10.0 Å². The largest absolute Gasteiger partial charge is 0.468 e. The lowest BCUT2D eigenvalue weighted by molar-refractivity contribution is 0.459. The van der Waals surface area contributed by atoms with Crippen LogP contribution in [0, 0.1) is 0 Å². The molecule has 2 aromatic rings. The van der Waals surface area contributed by atoms with Gasteiger partial charge in [0.15, 0.2) is 0 Å². The zero-order valence-corrected chi connectivity index (χ0v) is 12.1. The van der Waals surface area contributed by atoms with Crippen LogP contribution in [0.3, 0.4) is 0 Å². The van der Waals surface area contributed by atoms with Gasteiger partial charge in [0, 0.05) is 0 Å². The highest BCUT2D eigenvalue weighted by molar-refractivity contribution is 9.11. The maximum atomic E-state index is 12.0. The van der Waals surface area contributed by atoms with Gasteiger partial charge in [-0.1, -0.05) is 0 Å². The molecule has 0 fully saturated rings. The first kappa shape index (κ1) is 12.8. The molecule has 0 saturated carbocycles. The Morgan fingerprint density at radius 1 is 1.41 bits per heavy atom. The summed E-state index contributed by atoms with van der Waals surface area (Å²) in [5, 5.41) is 0. The molecule has 1 unspecified atom stereocenters. The minimum atomic E-state index is -3.49. The van der Waals surface area contributed by atoms with E-state index in [1.807, 2.05) is 0 Å². The number of furan rings is 1. The van der Waals surface area contributed by atoms with E-state index in [0.717, 1.165) is 3.79 Å². The number of hydrogen-bond acceptors (Lipinski definition) is 4. The van der Waals surface area contributed by atoms with Crippen molar-refractivity contribution in [1.82, 2.24) is 4.72 Å². The van der Waals surface area contributed by atoms with Crippen molar-refractivity contribution in [1.29, 1.82) is 0 Å². The molecule has 2 aromatic heterocycles. The molecule has 4 nitrogen and oxygen atoms in total. The summed E-state index contributed by atoms with van der Waals surface area (Å²) < 4.78 is 32.7. The molecule has 1 N–H and O–H groups in total. The van der Waals surface area contributed by atoms with Crippen molar-refractivity contribution in [3.8, 4) is 0 Å². The third-order valence-corrected chi connectivity index (χ3v) is 5.77. The van der Waals surface area contributed by atoms with Gasteiger partial charge in [0.2, 0.25) is 0 Å². The second kappa shape index (κ2) is 4.93. The monoisotopic (exact) mass is 335 g/mol. The molecule has 0 saturated heterocycles. The van der Waals surface area contributed by atoms with Gasteiger partial charge in [0.05, 0.1) is 16.1 Å². The van der Waals surface area contributed by atoms with E-state index in [1.165, 1.54) is 17.6 Å². The molecule has 0 spiro atoms. The summed E-state index contributed by atoms with van der Waals surface area (Å²) in [5.41, 5.74) is 0. The van der Waals surface area contributed by atoms with Gasteiger partial charge in [-0.3, -0.25) is 0 Å². The van der Waals surface area contributed by atoms with Crippen LogP contribution in [-0.2, 0) is 10.0 Å². The number of halogens is 1. The average molecular weight is 336 g/mol. The van der Waals surface area contributed by atoms with Gasteiger partial charge in [-0.25, -0.2) is 13.1 Å². The fraction of sp³-hybridized carbons (Fsp3) is 0.200. The first-order valence-electron chi connectivity index (χ1n) is 4.80. The molecule has 2 rings (SSSR count). The van der Waals surface area contributed by atoms with E-state index >= 15 is 0 Å². The van der Waals surface area contributed by atoms with E-state index in [9.17, 15) is 8.42 Å². The predicted molar refractivity (Wildman–Crippen MR) is 69.5 cm³/mol. The Morgan fingerprint density at radius 3 is 2.71 bits per heavy atom. The molecule has 0 aliphatic heterocycles. The number of hydrogen-bond donors (Lipinski definition) is 1. The summed E-state index contributed by atoms with van der Waals surface area (Å²) in [7, 11) is -3.49. The summed E-state index contributed by atoms with van der Waals surface area (Å²) in [6.07, 6.45) is 1.52. The highest BCUT2D eigenvalue weighted by Crippen LogP contribution is 2.27. The third kappa shape index (κ3) is 2.98. The van der Waals surface area contributed by atoms with Gasteiger partial charge < -0.3 is 4.42 Å². The zero-order chi connectivity index (χ0) is 12.5. The van der Waals surface area contributed by atoms with Crippen LogP contribution < -0.4 is 4.72 Å². The van der Waals surface area contributed by atoms with Crippen molar-refractivity contribution in [2.24, 2.45) is 0 Å². The van der Waals surface area contributed by atoms with E-state index < -0.39 is 16.1 Å². The zero-order valence-electron chi connectivity index (χ0n) is 8.88. The average Bonchev–Trinajstić information content (AvgIpc) is 2.86. The summed E-state index contributed by atoms with van der Waals surface area (Å²) in [6.45, 7) is 1.74. The highest BCUT2D eigenvalue weighted by Gasteiger charge is 2.21. The lowest BCUT2D eigenvalue weighted by Crippen LogP contribution is -2.25. The van der Waals surface area contributed by atoms with Crippen LogP contribution in [0.25, 0.3) is 0 Å². The molecule has 17 heavy (non-hydrogen) atoms. The topological polar surface area (TPSA) is 59.3 Å². The fourth-order valence-corrected chi connectivity index (χ4v) is 4.57. The first-order valence-corrected chi connectivity index (χ1v) is 7.89. The Kier molecular flexibility index (Phi) is 3.72. The summed E-state index contributed by atoms with van der Waals surface area (Å²) >= 11 is 4.41. The minimum absolute atomic E-state index is 0.280. The number of thiophene rings is 1. The molecule has 92 valence electrons. The van der Waals surface area contributed by atoms with Gasteiger partial charge in [-0.15, -0.1) is 11.3 Å². The van der Waals surface area contributed by atoms with Crippen LogP contribution in [0.15, 0.2) is 42.9 Å². The van der Waals surface area contributed by atoms with E-state index in [0.29, 0.717) is 5.76 Å². The van der Waals surface area contributed by atoms with Crippen LogP contribution in [0.5, 0.6) is 0 Å². The lowest BCUT2D eigenvalue weighted by atomic mass is 10.3. The predicted octanol–water partition coefficient (Wildman–Crippen LogP) is 3.14. The Morgan fingerprint density at radius 2 is 2.18 bits per heavy atom. The quantitative estimate of drug-likeness (QED) is 0.933. The van der Waals surface area contributed by atoms with Crippen molar-refractivity contribution in [3.63, 3.8) is 0 Å². The maximum Gasteiger partial charge on any atom is 0.250 e. The fourth-order valence-electron chi connectivity index (χ4n) is 1.33. The molecule has 0 amide bonds. The van der Waals surface area contributed by atoms with Gasteiger partial charge in [-0.2, -0.15) is 0 Å².